The van der Waals surface area contributed by atoms with Gasteiger partial charge in [0.1, 0.15) is 0 Å². The van der Waals surface area contributed by atoms with E-state index in [1.807, 2.05) is 4.90 Å². The van der Waals surface area contributed by atoms with Crippen LogP contribution in [0.1, 0.15) is 38.5 Å². The van der Waals surface area contributed by atoms with E-state index in [0.29, 0.717) is 25.1 Å². The molecule has 0 aromatic rings. The first kappa shape index (κ1) is 11.9. The summed E-state index contributed by atoms with van der Waals surface area (Å²) in [6.07, 6.45) is 6.41. The molecule has 1 amide bonds. The fourth-order valence-corrected chi connectivity index (χ4v) is 2.34. The van der Waals surface area contributed by atoms with E-state index in [1.54, 1.807) is 0 Å². The zero-order chi connectivity index (χ0) is 11.4. The van der Waals surface area contributed by atoms with Gasteiger partial charge in [0.25, 0.3) is 0 Å². The van der Waals surface area contributed by atoms with Gasteiger partial charge in [0.15, 0.2) is 0 Å². The molecule has 16 heavy (non-hydrogen) atoms. The van der Waals surface area contributed by atoms with Crippen LogP contribution in [-0.4, -0.2) is 42.6 Å². The molecule has 0 aromatic carbocycles. The molecule has 92 valence electrons. The van der Waals surface area contributed by atoms with Crippen LogP contribution in [0, 0.1) is 0 Å². The summed E-state index contributed by atoms with van der Waals surface area (Å²) in [7, 11) is 0. The largest absolute Gasteiger partial charge is 0.378 e. The second-order valence-electron chi connectivity index (χ2n) is 4.78. The first-order valence-electron chi connectivity index (χ1n) is 6.42. The van der Waals surface area contributed by atoms with Crippen molar-refractivity contribution in [3.63, 3.8) is 0 Å². The van der Waals surface area contributed by atoms with Crippen molar-refractivity contribution in [2.75, 3.05) is 19.7 Å². The number of ether oxygens (including phenoxy) is 1. The molecule has 1 aliphatic carbocycles. The third-order valence-corrected chi connectivity index (χ3v) is 3.38. The number of hydrogen-bond acceptors (Lipinski definition) is 3. The molecule has 1 saturated carbocycles. The number of carbonyl (C=O) groups excluding carboxylic acids is 1. The summed E-state index contributed by atoms with van der Waals surface area (Å²) in [4.78, 5) is 14.0. The molecule has 4 nitrogen and oxygen atoms in total. The number of nitrogens with two attached hydrogens (primary N) is 1. The first-order valence-corrected chi connectivity index (χ1v) is 6.42. The maximum atomic E-state index is 12.0. The molecule has 1 saturated heterocycles. The molecule has 4 heteroatoms. The minimum atomic E-state index is 0.267. The van der Waals surface area contributed by atoms with E-state index in [9.17, 15) is 4.79 Å². The highest BCUT2D eigenvalue weighted by Gasteiger charge is 2.32. The fourth-order valence-electron chi connectivity index (χ4n) is 2.34. The summed E-state index contributed by atoms with van der Waals surface area (Å²) in [5, 5.41) is 0. The number of nitrogens with zero attached hydrogens (tertiary/aromatic N) is 1. The van der Waals surface area contributed by atoms with E-state index in [4.69, 9.17) is 10.5 Å². The molecule has 1 aliphatic heterocycles. The van der Waals surface area contributed by atoms with E-state index in [1.165, 1.54) is 0 Å². The smallest absolute Gasteiger partial charge is 0.222 e. The lowest BCUT2D eigenvalue weighted by molar-refractivity contribution is -0.132. The van der Waals surface area contributed by atoms with Gasteiger partial charge in [0.05, 0.1) is 6.10 Å². The average molecular weight is 226 g/mol. The lowest BCUT2D eigenvalue weighted by Gasteiger charge is -2.22. The Morgan fingerprint density at radius 1 is 1.38 bits per heavy atom. The summed E-state index contributed by atoms with van der Waals surface area (Å²) in [6, 6.07) is 0.487. The van der Waals surface area contributed by atoms with E-state index in [2.05, 4.69) is 0 Å². The van der Waals surface area contributed by atoms with Gasteiger partial charge < -0.3 is 15.4 Å². The van der Waals surface area contributed by atoms with Crippen molar-refractivity contribution in [2.24, 2.45) is 5.73 Å². The number of amides is 1. The average Bonchev–Trinajstić information content (AvgIpc) is 2.99. The Balaban J connectivity index is 1.71. The van der Waals surface area contributed by atoms with Crippen molar-refractivity contribution in [1.29, 1.82) is 0 Å². The molecular formula is C12H22N2O2. The monoisotopic (exact) mass is 226 g/mol. The van der Waals surface area contributed by atoms with Crippen molar-refractivity contribution in [1.82, 2.24) is 4.90 Å². The second-order valence-corrected chi connectivity index (χ2v) is 4.78. The highest BCUT2D eigenvalue weighted by Crippen LogP contribution is 2.27. The normalized spacial score (nSPS) is 24.7. The predicted octanol–water partition coefficient (Wildman–Crippen LogP) is 0.895. The van der Waals surface area contributed by atoms with E-state index >= 15 is 0 Å². The zero-order valence-electron chi connectivity index (χ0n) is 9.86. The molecule has 0 spiro atoms. The van der Waals surface area contributed by atoms with E-state index in [0.717, 1.165) is 45.3 Å². The van der Waals surface area contributed by atoms with Crippen molar-refractivity contribution in [3.05, 3.63) is 0 Å². The van der Waals surface area contributed by atoms with Crippen molar-refractivity contribution in [2.45, 2.75) is 50.7 Å². The summed E-state index contributed by atoms with van der Waals surface area (Å²) >= 11 is 0. The number of hydrogen-bond donors (Lipinski definition) is 1. The van der Waals surface area contributed by atoms with Gasteiger partial charge in [-0.05, 0) is 32.1 Å². The Kier molecular flexibility index (Phi) is 4.18. The SMILES string of the molecule is NCCN(C(=O)CCC1CCCO1)C1CC1. The second kappa shape index (κ2) is 5.64. The van der Waals surface area contributed by atoms with Crippen LogP contribution in [0.5, 0.6) is 0 Å². The molecule has 2 N–H and O–H groups in total. The summed E-state index contributed by atoms with van der Waals surface area (Å²) in [6.45, 7) is 2.16. The van der Waals surface area contributed by atoms with Gasteiger partial charge in [0.2, 0.25) is 5.91 Å². The molecule has 1 unspecified atom stereocenters. The van der Waals surface area contributed by atoms with Crippen LogP contribution in [0.4, 0.5) is 0 Å². The zero-order valence-corrected chi connectivity index (χ0v) is 9.86. The Hall–Kier alpha value is -0.610. The van der Waals surface area contributed by atoms with Crippen molar-refractivity contribution >= 4 is 5.91 Å². The quantitative estimate of drug-likeness (QED) is 0.732. The lowest BCUT2D eigenvalue weighted by atomic mass is 10.1. The molecule has 0 aromatic heterocycles. The number of carbonyl (C=O) groups is 1. The predicted molar refractivity (Wildman–Crippen MR) is 62.0 cm³/mol. The summed E-state index contributed by atoms with van der Waals surface area (Å²) in [5.74, 6) is 0.267. The maximum absolute atomic E-state index is 12.0. The third-order valence-electron chi connectivity index (χ3n) is 3.38. The van der Waals surface area contributed by atoms with Crippen molar-refractivity contribution in [3.8, 4) is 0 Å². The molecular weight excluding hydrogens is 204 g/mol. The van der Waals surface area contributed by atoms with Crippen LogP contribution < -0.4 is 5.73 Å². The Bertz CT molecular complexity index is 235. The van der Waals surface area contributed by atoms with Gasteiger partial charge >= 0.3 is 0 Å². The molecule has 0 bridgehead atoms. The molecule has 2 fully saturated rings. The fraction of sp³-hybridized carbons (Fsp3) is 0.917. The highest BCUT2D eigenvalue weighted by molar-refractivity contribution is 5.76. The molecule has 1 atom stereocenters. The summed E-state index contributed by atoms with van der Waals surface area (Å²) < 4.78 is 5.52. The number of rotatable bonds is 6. The molecule has 2 rings (SSSR count). The minimum Gasteiger partial charge on any atom is -0.378 e. The van der Waals surface area contributed by atoms with Crippen LogP contribution in [0.25, 0.3) is 0 Å². The van der Waals surface area contributed by atoms with Crippen LogP contribution in [0.2, 0.25) is 0 Å². The Morgan fingerprint density at radius 2 is 2.19 bits per heavy atom. The van der Waals surface area contributed by atoms with Crippen LogP contribution in [0.3, 0.4) is 0 Å². The van der Waals surface area contributed by atoms with Crippen LogP contribution >= 0.6 is 0 Å². The van der Waals surface area contributed by atoms with Gasteiger partial charge in [-0.25, -0.2) is 0 Å². The Labute approximate surface area is 97.1 Å². The van der Waals surface area contributed by atoms with E-state index in [-0.39, 0.29) is 5.91 Å². The standard InChI is InChI=1S/C12H22N2O2/c13-7-8-14(10-3-4-10)12(15)6-5-11-2-1-9-16-11/h10-11H,1-9,13H2. The summed E-state index contributed by atoms with van der Waals surface area (Å²) in [5.41, 5.74) is 5.53. The lowest BCUT2D eigenvalue weighted by Crippen LogP contribution is -2.37. The topological polar surface area (TPSA) is 55.6 Å². The van der Waals surface area contributed by atoms with Crippen LogP contribution in [0.15, 0.2) is 0 Å². The van der Waals surface area contributed by atoms with Gasteiger partial charge in [0, 0.05) is 32.2 Å². The van der Waals surface area contributed by atoms with Crippen LogP contribution in [-0.2, 0) is 9.53 Å². The highest BCUT2D eigenvalue weighted by atomic mass is 16.5. The van der Waals surface area contributed by atoms with Gasteiger partial charge in [-0.2, -0.15) is 0 Å². The van der Waals surface area contributed by atoms with Gasteiger partial charge in [-0.15, -0.1) is 0 Å². The minimum absolute atomic E-state index is 0.267. The third kappa shape index (κ3) is 3.19. The molecule has 2 aliphatic rings. The Morgan fingerprint density at radius 3 is 2.75 bits per heavy atom. The van der Waals surface area contributed by atoms with E-state index < -0.39 is 0 Å². The maximum Gasteiger partial charge on any atom is 0.222 e. The van der Waals surface area contributed by atoms with Gasteiger partial charge in [-0.1, -0.05) is 0 Å². The van der Waals surface area contributed by atoms with Crippen molar-refractivity contribution < 1.29 is 9.53 Å². The first-order chi connectivity index (χ1) is 7.81. The molecule has 1 heterocycles. The molecule has 0 radical (unpaired) electrons. The van der Waals surface area contributed by atoms with Gasteiger partial charge in [-0.3, -0.25) is 4.79 Å².